The third-order valence-corrected chi connectivity index (χ3v) is 5.73. The minimum atomic E-state index is 0.256. The summed E-state index contributed by atoms with van der Waals surface area (Å²) in [6.45, 7) is 13.7. The molecule has 0 aliphatic carbocycles. The highest BCUT2D eigenvalue weighted by Gasteiger charge is 2.21. The Bertz CT molecular complexity index is 1030. The fourth-order valence-electron chi connectivity index (χ4n) is 3.95. The van der Waals surface area contributed by atoms with Crippen molar-refractivity contribution < 1.29 is 4.74 Å². The number of ether oxygens (including phenoxy) is 1. The summed E-state index contributed by atoms with van der Waals surface area (Å²) in [7, 11) is 5.84. The van der Waals surface area contributed by atoms with Gasteiger partial charge in [-0.1, -0.05) is 13.8 Å². The SMILES string of the molecule is COCC(C)n1cc(C)c2nc(-c3ccc(C(C)C)nc3N(C)C)c(C)c(C)c21. The van der Waals surface area contributed by atoms with E-state index in [-0.39, 0.29) is 6.04 Å². The molecular formula is C24H34N4O. The van der Waals surface area contributed by atoms with Crippen LogP contribution in [0, 0.1) is 20.8 Å². The molecule has 0 fully saturated rings. The van der Waals surface area contributed by atoms with Gasteiger partial charge in [0.25, 0.3) is 0 Å². The van der Waals surface area contributed by atoms with Crippen molar-refractivity contribution in [2.24, 2.45) is 0 Å². The van der Waals surface area contributed by atoms with Crippen LogP contribution in [0.1, 0.15) is 55.1 Å². The van der Waals surface area contributed by atoms with Gasteiger partial charge in [-0.15, -0.1) is 0 Å². The summed E-state index contributed by atoms with van der Waals surface area (Å²) in [6, 6.07) is 4.57. The zero-order valence-electron chi connectivity index (χ0n) is 19.3. The predicted octanol–water partition coefficient (Wildman–Crippen LogP) is 5.42. The van der Waals surface area contributed by atoms with E-state index in [1.807, 2.05) is 14.1 Å². The molecule has 1 atom stereocenters. The average molecular weight is 395 g/mol. The van der Waals surface area contributed by atoms with Gasteiger partial charge in [0.1, 0.15) is 5.82 Å². The average Bonchev–Trinajstić information content (AvgIpc) is 3.01. The van der Waals surface area contributed by atoms with Crippen molar-refractivity contribution in [3.63, 3.8) is 0 Å². The Kier molecular flexibility index (Phi) is 5.99. The van der Waals surface area contributed by atoms with E-state index >= 15 is 0 Å². The number of rotatable bonds is 6. The van der Waals surface area contributed by atoms with Crippen molar-refractivity contribution in [1.82, 2.24) is 14.5 Å². The Labute approximate surface area is 174 Å². The number of pyridine rings is 2. The van der Waals surface area contributed by atoms with Crippen LogP contribution in [0.5, 0.6) is 0 Å². The smallest absolute Gasteiger partial charge is 0.137 e. The largest absolute Gasteiger partial charge is 0.383 e. The molecule has 0 saturated carbocycles. The Balaban J connectivity index is 2.27. The van der Waals surface area contributed by atoms with Crippen LogP contribution in [0.25, 0.3) is 22.3 Å². The van der Waals surface area contributed by atoms with Crippen LogP contribution in [0.2, 0.25) is 0 Å². The third-order valence-electron chi connectivity index (χ3n) is 5.73. The molecule has 156 valence electrons. The lowest BCUT2D eigenvalue weighted by Gasteiger charge is -2.21. The molecular weight excluding hydrogens is 360 g/mol. The molecule has 0 saturated heterocycles. The van der Waals surface area contributed by atoms with Crippen LogP contribution in [0.15, 0.2) is 18.3 Å². The molecule has 0 radical (unpaired) electrons. The highest BCUT2D eigenvalue weighted by Crippen LogP contribution is 2.36. The summed E-state index contributed by atoms with van der Waals surface area (Å²) in [6.07, 6.45) is 2.20. The Hall–Kier alpha value is -2.40. The predicted molar refractivity (Wildman–Crippen MR) is 122 cm³/mol. The number of aryl methyl sites for hydroxylation is 2. The minimum Gasteiger partial charge on any atom is -0.383 e. The van der Waals surface area contributed by atoms with Gasteiger partial charge >= 0.3 is 0 Å². The van der Waals surface area contributed by atoms with Gasteiger partial charge in [0.2, 0.25) is 0 Å². The summed E-state index contributed by atoms with van der Waals surface area (Å²) < 4.78 is 7.70. The second-order valence-corrected chi connectivity index (χ2v) is 8.59. The van der Waals surface area contributed by atoms with Crippen LogP contribution < -0.4 is 4.90 Å². The molecule has 0 aliphatic rings. The van der Waals surface area contributed by atoms with E-state index in [1.165, 1.54) is 22.2 Å². The Morgan fingerprint density at radius 2 is 1.72 bits per heavy atom. The number of fused-ring (bicyclic) bond motifs is 1. The molecule has 0 N–H and O–H groups in total. The van der Waals surface area contributed by atoms with Gasteiger partial charge in [-0.05, 0) is 62.4 Å². The van der Waals surface area contributed by atoms with Crippen molar-refractivity contribution >= 4 is 16.9 Å². The summed E-state index contributed by atoms with van der Waals surface area (Å²) in [4.78, 5) is 12.2. The van der Waals surface area contributed by atoms with Crippen molar-refractivity contribution in [2.75, 3.05) is 32.7 Å². The fourth-order valence-corrected chi connectivity index (χ4v) is 3.95. The van der Waals surface area contributed by atoms with E-state index < -0.39 is 0 Å². The molecule has 3 aromatic rings. The second kappa shape index (κ2) is 8.15. The molecule has 0 aromatic carbocycles. The molecule has 3 heterocycles. The summed E-state index contributed by atoms with van der Waals surface area (Å²) in [5.74, 6) is 1.36. The topological polar surface area (TPSA) is 43.2 Å². The van der Waals surface area contributed by atoms with E-state index in [0.29, 0.717) is 12.5 Å². The highest BCUT2D eigenvalue weighted by molar-refractivity contribution is 5.89. The van der Waals surface area contributed by atoms with Gasteiger partial charge in [0, 0.05) is 38.7 Å². The van der Waals surface area contributed by atoms with E-state index in [1.54, 1.807) is 7.11 Å². The zero-order valence-corrected chi connectivity index (χ0v) is 19.3. The number of aromatic nitrogens is 3. The van der Waals surface area contributed by atoms with E-state index in [9.17, 15) is 0 Å². The van der Waals surface area contributed by atoms with Crippen molar-refractivity contribution in [3.05, 3.63) is 40.7 Å². The lowest BCUT2D eigenvalue weighted by Crippen LogP contribution is -2.14. The fraction of sp³-hybridized carbons (Fsp3) is 0.500. The number of methoxy groups -OCH3 is 1. The van der Waals surface area contributed by atoms with Gasteiger partial charge in [-0.25, -0.2) is 9.97 Å². The van der Waals surface area contributed by atoms with Crippen LogP contribution >= 0.6 is 0 Å². The number of anilines is 1. The van der Waals surface area contributed by atoms with Crippen molar-refractivity contribution in [3.8, 4) is 11.3 Å². The molecule has 29 heavy (non-hydrogen) atoms. The molecule has 0 aliphatic heterocycles. The van der Waals surface area contributed by atoms with Crippen molar-refractivity contribution in [1.29, 1.82) is 0 Å². The molecule has 3 aromatic heterocycles. The standard InChI is InChI=1S/C24H34N4O/c1-14(2)20-11-10-19(24(25-20)27(7)8)22-17(5)18(6)23-21(26-22)15(3)12-28(23)16(4)13-29-9/h10-12,14,16H,13H2,1-9H3. The third kappa shape index (κ3) is 3.76. The van der Waals surface area contributed by atoms with Gasteiger partial charge < -0.3 is 14.2 Å². The summed E-state index contributed by atoms with van der Waals surface area (Å²) in [5.41, 5.74) is 9.10. The molecule has 0 amide bonds. The Morgan fingerprint density at radius 3 is 2.31 bits per heavy atom. The molecule has 5 nitrogen and oxygen atoms in total. The first-order valence-corrected chi connectivity index (χ1v) is 10.3. The molecule has 3 rings (SSSR count). The molecule has 1 unspecified atom stereocenters. The first-order chi connectivity index (χ1) is 13.7. The van der Waals surface area contributed by atoms with Gasteiger partial charge in [-0.3, -0.25) is 0 Å². The molecule has 0 spiro atoms. The van der Waals surface area contributed by atoms with Gasteiger partial charge in [-0.2, -0.15) is 0 Å². The first kappa shape index (κ1) is 21.3. The first-order valence-electron chi connectivity index (χ1n) is 10.3. The zero-order chi connectivity index (χ0) is 21.5. The van der Waals surface area contributed by atoms with E-state index in [2.05, 4.69) is 69.3 Å². The second-order valence-electron chi connectivity index (χ2n) is 8.59. The lowest BCUT2D eigenvalue weighted by molar-refractivity contribution is 0.164. The maximum absolute atomic E-state index is 5.40. The Morgan fingerprint density at radius 1 is 1.03 bits per heavy atom. The minimum absolute atomic E-state index is 0.256. The normalized spacial score (nSPS) is 12.8. The number of hydrogen-bond donors (Lipinski definition) is 0. The molecule has 0 bridgehead atoms. The highest BCUT2D eigenvalue weighted by atomic mass is 16.5. The quantitative estimate of drug-likeness (QED) is 0.560. The van der Waals surface area contributed by atoms with Crippen molar-refractivity contribution in [2.45, 2.75) is 53.5 Å². The van der Waals surface area contributed by atoms with E-state index in [0.717, 1.165) is 28.3 Å². The lowest BCUT2D eigenvalue weighted by atomic mass is 10.00. The number of hydrogen-bond acceptors (Lipinski definition) is 4. The number of nitrogens with zero attached hydrogens (tertiary/aromatic N) is 4. The maximum Gasteiger partial charge on any atom is 0.137 e. The monoisotopic (exact) mass is 394 g/mol. The summed E-state index contributed by atoms with van der Waals surface area (Å²) in [5, 5.41) is 0. The molecule has 5 heteroatoms. The van der Waals surface area contributed by atoms with Crippen LogP contribution in [-0.2, 0) is 4.74 Å². The summed E-state index contributed by atoms with van der Waals surface area (Å²) >= 11 is 0. The van der Waals surface area contributed by atoms with Crippen LogP contribution in [0.4, 0.5) is 5.82 Å². The van der Waals surface area contributed by atoms with E-state index in [4.69, 9.17) is 14.7 Å². The van der Waals surface area contributed by atoms with Gasteiger partial charge in [0.05, 0.1) is 29.4 Å². The van der Waals surface area contributed by atoms with Gasteiger partial charge in [0.15, 0.2) is 0 Å². The maximum atomic E-state index is 5.40. The van der Waals surface area contributed by atoms with Crippen LogP contribution in [0.3, 0.4) is 0 Å². The van der Waals surface area contributed by atoms with Crippen LogP contribution in [-0.4, -0.2) is 42.3 Å².